The molecule has 0 spiro atoms. The summed E-state index contributed by atoms with van der Waals surface area (Å²) in [5, 5.41) is 3.22. The maximum absolute atomic E-state index is 13.8. The molecule has 1 N–H and O–H groups in total. The number of benzene rings is 3. The van der Waals surface area contributed by atoms with E-state index in [2.05, 4.69) is 5.32 Å². The van der Waals surface area contributed by atoms with Gasteiger partial charge in [-0.05, 0) is 48.4 Å². The SMILES string of the molecule is CC[C@@H](C(=O)NC)N(Cc1ccc(Cl)cc1)C(=O)CN(c1cccc(Cl)c1Cl)S(=O)(=O)c1ccccc1. The third kappa shape index (κ3) is 6.76. The highest BCUT2D eigenvalue weighted by Gasteiger charge is 2.34. The van der Waals surface area contributed by atoms with E-state index in [9.17, 15) is 18.0 Å². The minimum absolute atomic E-state index is 0.0148. The van der Waals surface area contributed by atoms with Crippen LogP contribution in [0.25, 0.3) is 0 Å². The maximum Gasteiger partial charge on any atom is 0.264 e. The molecule has 196 valence electrons. The number of anilines is 1. The second kappa shape index (κ2) is 12.6. The summed E-state index contributed by atoms with van der Waals surface area (Å²) in [6.07, 6.45) is 0.308. The number of carbonyl (C=O) groups excluding carboxylic acids is 2. The summed E-state index contributed by atoms with van der Waals surface area (Å²) in [4.78, 5) is 27.9. The molecule has 0 saturated carbocycles. The molecule has 7 nitrogen and oxygen atoms in total. The Morgan fingerprint density at radius 2 is 1.57 bits per heavy atom. The molecular formula is C26H26Cl3N3O4S. The van der Waals surface area contributed by atoms with Crippen LogP contribution < -0.4 is 9.62 Å². The van der Waals surface area contributed by atoms with Crippen LogP contribution in [0.15, 0.2) is 77.7 Å². The first kappa shape index (κ1) is 28.8. The maximum atomic E-state index is 13.8. The molecule has 37 heavy (non-hydrogen) atoms. The normalized spacial score (nSPS) is 12.0. The van der Waals surface area contributed by atoms with Gasteiger partial charge in [0, 0.05) is 18.6 Å². The molecule has 0 aliphatic rings. The number of nitrogens with one attached hydrogen (secondary N) is 1. The number of nitrogens with zero attached hydrogens (tertiary/aromatic N) is 2. The molecule has 3 aromatic carbocycles. The third-order valence-electron chi connectivity index (χ3n) is 5.71. The van der Waals surface area contributed by atoms with Crippen LogP contribution in [0, 0.1) is 0 Å². The summed E-state index contributed by atoms with van der Waals surface area (Å²) < 4.78 is 28.4. The number of carbonyl (C=O) groups is 2. The molecule has 0 saturated heterocycles. The van der Waals surface area contributed by atoms with E-state index in [1.807, 2.05) is 0 Å². The van der Waals surface area contributed by atoms with Crippen molar-refractivity contribution in [2.24, 2.45) is 0 Å². The van der Waals surface area contributed by atoms with Crippen LogP contribution in [0.3, 0.4) is 0 Å². The van der Waals surface area contributed by atoms with Gasteiger partial charge in [-0.1, -0.05) is 78.1 Å². The van der Waals surface area contributed by atoms with Crippen molar-refractivity contribution in [3.05, 3.63) is 93.4 Å². The van der Waals surface area contributed by atoms with E-state index < -0.39 is 28.5 Å². The van der Waals surface area contributed by atoms with E-state index in [0.29, 0.717) is 11.4 Å². The highest BCUT2D eigenvalue weighted by atomic mass is 35.5. The number of likely N-dealkylation sites (N-methyl/N-ethyl adjacent to an activating group) is 1. The highest BCUT2D eigenvalue weighted by molar-refractivity contribution is 7.92. The van der Waals surface area contributed by atoms with E-state index in [1.165, 1.54) is 36.2 Å². The Morgan fingerprint density at radius 1 is 0.919 bits per heavy atom. The molecule has 0 fully saturated rings. The fourth-order valence-electron chi connectivity index (χ4n) is 3.79. The molecule has 0 unspecified atom stereocenters. The van der Waals surface area contributed by atoms with Crippen molar-refractivity contribution in [3.63, 3.8) is 0 Å². The van der Waals surface area contributed by atoms with Crippen LogP contribution in [0.1, 0.15) is 18.9 Å². The van der Waals surface area contributed by atoms with Crippen LogP contribution in [0.5, 0.6) is 0 Å². The summed E-state index contributed by atoms with van der Waals surface area (Å²) in [6, 6.07) is 18.2. The van der Waals surface area contributed by atoms with Gasteiger partial charge >= 0.3 is 0 Å². The topological polar surface area (TPSA) is 86.8 Å². The van der Waals surface area contributed by atoms with Crippen LogP contribution in [0.4, 0.5) is 5.69 Å². The van der Waals surface area contributed by atoms with Crippen molar-refractivity contribution < 1.29 is 18.0 Å². The van der Waals surface area contributed by atoms with Gasteiger partial charge in [-0.3, -0.25) is 13.9 Å². The van der Waals surface area contributed by atoms with Crippen molar-refractivity contribution in [1.29, 1.82) is 0 Å². The largest absolute Gasteiger partial charge is 0.357 e. The predicted molar refractivity (Wildman–Crippen MR) is 148 cm³/mol. The summed E-state index contributed by atoms with van der Waals surface area (Å²) in [6.45, 7) is 1.22. The third-order valence-corrected chi connectivity index (χ3v) is 8.54. The van der Waals surface area contributed by atoms with Gasteiger partial charge in [-0.2, -0.15) is 0 Å². The molecule has 1 atom stereocenters. The number of rotatable bonds is 10. The molecule has 11 heteroatoms. The summed E-state index contributed by atoms with van der Waals surface area (Å²) in [5.41, 5.74) is 0.768. The summed E-state index contributed by atoms with van der Waals surface area (Å²) >= 11 is 18.6. The van der Waals surface area contributed by atoms with Crippen LogP contribution >= 0.6 is 34.8 Å². The van der Waals surface area contributed by atoms with Gasteiger partial charge in [0.05, 0.1) is 20.6 Å². The Hall–Kier alpha value is -2.78. The van der Waals surface area contributed by atoms with E-state index in [4.69, 9.17) is 34.8 Å². The minimum Gasteiger partial charge on any atom is -0.357 e. The molecular weight excluding hydrogens is 557 g/mol. The van der Waals surface area contributed by atoms with E-state index in [-0.39, 0.29) is 33.1 Å². The summed E-state index contributed by atoms with van der Waals surface area (Å²) in [7, 11) is -2.75. The zero-order chi connectivity index (χ0) is 27.2. The molecule has 3 aromatic rings. The van der Waals surface area contributed by atoms with E-state index in [0.717, 1.165) is 9.87 Å². The van der Waals surface area contributed by atoms with Crippen molar-refractivity contribution in [1.82, 2.24) is 10.2 Å². The predicted octanol–water partition coefficient (Wildman–Crippen LogP) is 5.40. The van der Waals surface area contributed by atoms with E-state index in [1.54, 1.807) is 55.5 Å². The summed E-state index contributed by atoms with van der Waals surface area (Å²) in [5.74, 6) is -0.969. The zero-order valence-corrected chi connectivity index (χ0v) is 23.3. The zero-order valence-electron chi connectivity index (χ0n) is 20.2. The van der Waals surface area contributed by atoms with Crippen molar-refractivity contribution in [2.75, 3.05) is 17.9 Å². The molecule has 0 aromatic heterocycles. The van der Waals surface area contributed by atoms with Crippen molar-refractivity contribution in [3.8, 4) is 0 Å². The first-order chi connectivity index (χ1) is 17.6. The molecule has 0 radical (unpaired) electrons. The average Bonchev–Trinajstić information content (AvgIpc) is 2.90. The Kier molecular flexibility index (Phi) is 9.84. The van der Waals surface area contributed by atoms with Gasteiger partial charge in [-0.15, -0.1) is 0 Å². The molecule has 3 rings (SSSR count). The quantitative estimate of drug-likeness (QED) is 0.347. The van der Waals surface area contributed by atoms with Gasteiger partial charge in [0.2, 0.25) is 11.8 Å². The second-order valence-electron chi connectivity index (χ2n) is 8.08. The van der Waals surface area contributed by atoms with E-state index >= 15 is 0 Å². The number of halogens is 3. The van der Waals surface area contributed by atoms with Crippen LogP contribution in [-0.4, -0.2) is 44.8 Å². The van der Waals surface area contributed by atoms with Gasteiger partial charge in [-0.25, -0.2) is 8.42 Å². The Balaban J connectivity index is 2.09. The molecule has 0 aliphatic heterocycles. The Labute approximate surface area is 232 Å². The van der Waals surface area contributed by atoms with Crippen LogP contribution in [0.2, 0.25) is 15.1 Å². The fraction of sp³-hybridized carbons (Fsp3) is 0.231. The first-order valence-electron chi connectivity index (χ1n) is 11.4. The van der Waals surface area contributed by atoms with Gasteiger partial charge in [0.25, 0.3) is 10.0 Å². The Bertz CT molecular complexity index is 1350. The van der Waals surface area contributed by atoms with Crippen LogP contribution in [-0.2, 0) is 26.2 Å². The standard InChI is InChI=1S/C26H26Cl3N3O4S/c1-3-22(26(34)30-2)31(16-18-12-14-19(27)15-13-18)24(33)17-32(23-11-7-10-21(28)25(23)29)37(35,36)20-8-5-4-6-9-20/h4-15,22H,3,16-17H2,1-2H3,(H,30,34)/t22-/m0/s1. The minimum atomic E-state index is -4.23. The lowest BCUT2D eigenvalue weighted by Crippen LogP contribution is -2.51. The van der Waals surface area contributed by atoms with Gasteiger partial charge < -0.3 is 10.2 Å². The lowest BCUT2D eigenvalue weighted by molar-refractivity contribution is -0.140. The number of hydrogen-bond donors (Lipinski definition) is 1. The lowest BCUT2D eigenvalue weighted by Gasteiger charge is -2.33. The number of sulfonamides is 1. The van der Waals surface area contributed by atoms with Crippen molar-refractivity contribution in [2.45, 2.75) is 30.8 Å². The van der Waals surface area contributed by atoms with Gasteiger partial charge in [0.1, 0.15) is 12.6 Å². The molecule has 2 amide bonds. The average molecular weight is 583 g/mol. The second-order valence-corrected chi connectivity index (χ2v) is 11.2. The van der Waals surface area contributed by atoms with Crippen molar-refractivity contribution >= 4 is 62.3 Å². The highest BCUT2D eigenvalue weighted by Crippen LogP contribution is 2.35. The molecule has 0 aliphatic carbocycles. The first-order valence-corrected chi connectivity index (χ1v) is 13.9. The fourth-order valence-corrected chi connectivity index (χ4v) is 5.81. The number of amides is 2. The molecule has 0 bridgehead atoms. The number of hydrogen-bond acceptors (Lipinski definition) is 4. The molecule has 0 heterocycles. The lowest BCUT2D eigenvalue weighted by atomic mass is 10.1. The smallest absolute Gasteiger partial charge is 0.264 e. The monoisotopic (exact) mass is 581 g/mol. The van der Waals surface area contributed by atoms with Gasteiger partial charge in [0.15, 0.2) is 0 Å². The Morgan fingerprint density at radius 3 is 2.16 bits per heavy atom.